The van der Waals surface area contributed by atoms with Gasteiger partial charge in [-0.1, -0.05) is 6.07 Å². The second-order valence-corrected chi connectivity index (χ2v) is 8.08. The maximum atomic E-state index is 14.3. The third-order valence-corrected chi connectivity index (χ3v) is 5.70. The van der Waals surface area contributed by atoms with Gasteiger partial charge in [0.05, 0.1) is 24.6 Å². The van der Waals surface area contributed by atoms with E-state index in [1.807, 2.05) is 0 Å². The zero-order chi connectivity index (χ0) is 23.9. The largest absolute Gasteiger partial charge is 0.496 e. The van der Waals surface area contributed by atoms with Gasteiger partial charge in [-0.3, -0.25) is 15.3 Å². The van der Waals surface area contributed by atoms with E-state index in [9.17, 15) is 9.18 Å². The summed E-state index contributed by atoms with van der Waals surface area (Å²) in [5, 5.41) is 13.5. The van der Waals surface area contributed by atoms with Crippen LogP contribution in [0.15, 0.2) is 30.5 Å². The minimum Gasteiger partial charge on any atom is -0.496 e. The number of benzene rings is 1. The monoisotopic (exact) mass is 472 g/mol. The van der Waals surface area contributed by atoms with Crippen molar-refractivity contribution in [3.05, 3.63) is 41.8 Å². The lowest BCUT2D eigenvalue weighted by molar-refractivity contribution is 0.144. The molecule has 2 amide bonds. The first-order valence-corrected chi connectivity index (χ1v) is 11.1. The van der Waals surface area contributed by atoms with Crippen LogP contribution < -0.4 is 20.1 Å². The van der Waals surface area contributed by atoms with Crippen LogP contribution in [0.1, 0.15) is 18.4 Å². The number of carbonyl (C=O) groups is 1. The number of H-pyrrole nitrogens is 1. The standard InChI is InChI=1S/C23H29FN6O4/c1-32-9-10-34-22-16-12-25-21(11-19(16)28-29-22)27-23(31)26-15-5-4-8-30(13-15)14-17-18(24)6-3-7-20(17)33-2/h3,6-7,11-12,15H,4-5,8-10,13-14H2,1-2H3,(H,28,29)(H2,25,26,27,31)/t15-/m1/s1. The molecule has 1 aliphatic heterocycles. The third-order valence-electron chi connectivity index (χ3n) is 5.70. The number of rotatable bonds is 9. The molecule has 0 aliphatic carbocycles. The minimum absolute atomic E-state index is 0.0665. The van der Waals surface area contributed by atoms with Gasteiger partial charge in [-0.15, -0.1) is 5.10 Å². The SMILES string of the molecule is COCCOc1n[nH]c2cc(NC(=O)N[C@@H]3CCCN(Cc4c(F)cccc4OC)C3)ncc12. The fraction of sp³-hybridized carbons (Fsp3) is 0.435. The Bertz CT molecular complexity index is 1120. The van der Waals surface area contributed by atoms with Crippen LogP contribution in [0, 0.1) is 5.82 Å². The number of pyridine rings is 1. The number of anilines is 1. The van der Waals surface area contributed by atoms with Crippen molar-refractivity contribution >= 4 is 22.8 Å². The maximum Gasteiger partial charge on any atom is 0.320 e. The number of aromatic amines is 1. The first-order chi connectivity index (χ1) is 16.6. The number of methoxy groups -OCH3 is 2. The molecule has 3 aromatic rings. The summed E-state index contributed by atoms with van der Waals surface area (Å²) in [6.45, 7) is 2.68. The number of nitrogens with zero attached hydrogens (tertiary/aromatic N) is 3. The van der Waals surface area contributed by atoms with Crippen molar-refractivity contribution in [1.82, 2.24) is 25.4 Å². The number of ether oxygens (including phenoxy) is 3. The van der Waals surface area contributed by atoms with Crippen LogP contribution in [-0.2, 0) is 11.3 Å². The Hall–Kier alpha value is -3.44. The third kappa shape index (κ3) is 5.72. The van der Waals surface area contributed by atoms with Crippen molar-refractivity contribution in [2.24, 2.45) is 0 Å². The molecule has 0 bridgehead atoms. The van der Waals surface area contributed by atoms with Gasteiger partial charge in [-0.05, 0) is 31.5 Å². The van der Waals surface area contributed by atoms with Crippen molar-refractivity contribution in [2.75, 3.05) is 45.8 Å². The van der Waals surface area contributed by atoms with E-state index in [1.54, 1.807) is 31.5 Å². The fourth-order valence-electron chi connectivity index (χ4n) is 4.05. The van der Waals surface area contributed by atoms with Gasteiger partial charge in [-0.2, -0.15) is 0 Å². The normalized spacial score (nSPS) is 16.4. The number of hydrogen-bond donors (Lipinski definition) is 3. The molecule has 2 aromatic heterocycles. The molecular formula is C23H29FN6O4. The molecule has 1 aromatic carbocycles. The van der Waals surface area contributed by atoms with Gasteiger partial charge in [-0.25, -0.2) is 14.2 Å². The fourth-order valence-corrected chi connectivity index (χ4v) is 4.05. The quantitative estimate of drug-likeness (QED) is 0.410. The van der Waals surface area contributed by atoms with Crippen molar-refractivity contribution in [1.29, 1.82) is 0 Å². The zero-order valence-corrected chi connectivity index (χ0v) is 19.3. The second kappa shape index (κ2) is 11.1. The molecule has 11 heteroatoms. The Morgan fingerprint density at radius 3 is 3.03 bits per heavy atom. The summed E-state index contributed by atoms with van der Waals surface area (Å²) in [5.41, 5.74) is 1.22. The van der Waals surface area contributed by atoms with Crippen LogP contribution in [-0.4, -0.2) is 72.7 Å². The maximum absolute atomic E-state index is 14.3. The summed E-state index contributed by atoms with van der Waals surface area (Å²) in [5.74, 6) is 1.06. The highest BCUT2D eigenvalue weighted by Crippen LogP contribution is 2.25. The number of aromatic nitrogens is 3. The number of fused-ring (bicyclic) bond motifs is 1. The average molecular weight is 473 g/mol. The molecule has 3 N–H and O–H groups in total. The molecular weight excluding hydrogens is 443 g/mol. The number of carbonyl (C=O) groups excluding carboxylic acids is 1. The smallest absolute Gasteiger partial charge is 0.320 e. The van der Waals surface area contributed by atoms with Crippen LogP contribution >= 0.6 is 0 Å². The molecule has 0 spiro atoms. The highest BCUT2D eigenvalue weighted by Gasteiger charge is 2.23. The summed E-state index contributed by atoms with van der Waals surface area (Å²) in [6, 6.07) is 6.10. The molecule has 0 saturated carbocycles. The Kier molecular flexibility index (Phi) is 7.76. The summed E-state index contributed by atoms with van der Waals surface area (Å²) in [4.78, 5) is 19.0. The highest BCUT2D eigenvalue weighted by atomic mass is 19.1. The molecule has 34 heavy (non-hydrogen) atoms. The Balaban J connectivity index is 1.32. The van der Waals surface area contributed by atoms with Crippen LogP contribution in [0.5, 0.6) is 11.6 Å². The van der Waals surface area contributed by atoms with Gasteiger partial charge in [0.25, 0.3) is 0 Å². The summed E-state index contributed by atoms with van der Waals surface area (Å²) < 4.78 is 30.1. The Morgan fingerprint density at radius 1 is 1.32 bits per heavy atom. The number of halogens is 1. The molecule has 1 atom stereocenters. The van der Waals surface area contributed by atoms with Crippen molar-refractivity contribution in [3.63, 3.8) is 0 Å². The van der Waals surface area contributed by atoms with E-state index in [-0.39, 0.29) is 17.9 Å². The topological polar surface area (TPSA) is 114 Å². The summed E-state index contributed by atoms with van der Waals surface area (Å²) in [7, 11) is 3.13. The Labute approximate surface area is 196 Å². The van der Waals surface area contributed by atoms with E-state index < -0.39 is 0 Å². The molecule has 0 unspecified atom stereocenters. The predicted molar refractivity (Wildman–Crippen MR) is 125 cm³/mol. The van der Waals surface area contributed by atoms with E-state index in [1.165, 1.54) is 13.2 Å². The molecule has 3 heterocycles. The van der Waals surface area contributed by atoms with Gasteiger partial charge < -0.3 is 19.5 Å². The van der Waals surface area contributed by atoms with Gasteiger partial charge in [0.1, 0.15) is 24.0 Å². The number of likely N-dealkylation sites (tertiary alicyclic amines) is 1. The van der Waals surface area contributed by atoms with Crippen molar-refractivity contribution < 1.29 is 23.4 Å². The molecule has 182 valence electrons. The number of urea groups is 1. The second-order valence-electron chi connectivity index (χ2n) is 8.08. The lowest BCUT2D eigenvalue weighted by atomic mass is 10.0. The Morgan fingerprint density at radius 2 is 2.21 bits per heavy atom. The van der Waals surface area contributed by atoms with Crippen LogP contribution in [0.3, 0.4) is 0 Å². The number of piperidine rings is 1. The van der Waals surface area contributed by atoms with Gasteiger partial charge in [0.2, 0.25) is 5.88 Å². The molecule has 1 saturated heterocycles. The van der Waals surface area contributed by atoms with E-state index in [2.05, 4.69) is 30.7 Å². The predicted octanol–water partition coefficient (Wildman–Crippen LogP) is 2.92. The molecule has 10 nitrogen and oxygen atoms in total. The van der Waals surface area contributed by atoms with E-state index >= 15 is 0 Å². The zero-order valence-electron chi connectivity index (χ0n) is 19.3. The molecule has 1 aliphatic rings. The average Bonchev–Trinajstić information content (AvgIpc) is 3.23. The number of amides is 2. The van der Waals surface area contributed by atoms with Crippen molar-refractivity contribution in [3.8, 4) is 11.6 Å². The summed E-state index contributed by atoms with van der Waals surface area (Å²) >= 11 is 0. The number of hydrogen-bond acceptors (Lipinski definition) is 7. The molecule has 1 fully saturated rings. The minimum atomic E-state index is -0.349. The van der Waals surface area contributed by atoms with Crippen molar-refractivity contribution in [2.45, 2.75) is 25.4 Å². The molecule has 0 radical (unpaired) electrons. The van der Waals surface area contributed by atoms with Gasteiger partial charge >= 0.3 is 6.03 Å². The van der Waals surface area contributed by atoms with Crippen LogP contribution in [0.25, 0.3) is 10.9 Å². The summed E-state index contributed by atoms with van der Waals surface area (Å²) in [6.07, 6.45) is 3.33. The van der Waals surface area contributed by atoms with Gasteiger partial charge in [0, 0.05) is 44.1 Å². The highest BCUT2D eigenvalue weighted by molar-refractivity contribution is 5.92. The first kappa shape index (κ1) is 23.7. The van der Waals surface area contributed by atoms with Crippen LogP contribution in [0.4, 0.5) is 15.0 Å². The van der Waals surface area contributed by atoms with E-state index in [0.29, 0.717) is 60.2 Å². The lowest BCUT2D eigenvalue weighted by Crippen LogP contribution is -2.48. The van der Waals surface area contributed by atoms with Crippen LogP contribution in [0.2, 0.25) is 0 Å². The molecule has 4 rings (SSSR count). The number of nitrogens with one attached hydrogen (secondary N) is 3. The van der Waals surface area contributed by atoms with E-state index in [4.69, 9.17) is 14.2 Å². The van der Waals surface area contributed by atoms with Gasteiger partial charge in [0.15, 0.2) is 0 Å². The first-order valence-electron chi connectivity index (χ1n) is 11.1. The lowest BCUT2D eigenvalue weighted by Gasteiger charge is -2.33. The van der Waals surface area contributed by atoms with E-state index in [0.717, 1.165) is 19.4 Å².